The molecule has 29 heavy (non-hydrogen) atoms. The summed E-state index contributed by atoms with van der Waals surface area (Å²) < 4.78 is 11.2. The minimum absolute atomic E-state index is 0.117. The first-order valence-corrected chi connectivity index (χ1v) is 10.1. The highest BCUT2D eigenvalue weighted by atomic mass is 16.5. The van der Waals surface area contributed by atoms with E-state index in [-0.39, 0.29) is 18.1 Å². The maximum Gasteiger partial charge on any atom is 0.339 e. The molecule has 1 aliphatic carbocycles. The van der Waals surface area contributed by atoms with Gasteiger partial charge >= 0.3 is 5.63 Å². The average molecular weight is 391 g/mol. The lowest BCUT2D eigenvalue weighted by Gasteiger charge is -2.13. The molecule has 0 saturated carbocycles. The van der Waals surface area contributed by atoms with Crippen molar-refractivity contribution in [2.24, 2.45) is 0 Å². The molecule has 0 radical (unpaired) electrons. The van der Waals surface area contributed by atoms with Crippen LogP contribution >= 0.6 is 0 Å². The number of fused-ring (bicyclic) bond motifs is 3. The van der Waals surface area contributed by atoms with E-state index >= 15 is 0 Å². The van der Waals surface area contributed by atoms with Gasteiger partial charge < -0.3 is 14.5 Å². The van der Waals surface area contributed by atoms with Crippen LogP contribution in [0.25, 0.3) is 11.0 Å². The molecule has 1 aliphatic rings. The smallest absolute Gasteiger partial charge is 0.339 e. The molecule has 2 aromatic carbocycles. The monoisotopic (exact) mass is 391 g/mol. The van der Waals surface area contributed by atoms with Crippen molar-refractivity contribution in [1.82, 2.24) is 0 Å². The van der Waals surface area contributed by atoms with Gasteiger partial charge in [-0.3, -0.25) is 4.79 Å². The molecule has 0 bridgehead atoms. The fourth-order valence-corrected chi connectivity index (χ4v) is 4.03. The van der Waals surface area contributed by atoms with Crippen LogP contribution in [0, 0.1) is 13.8 Å². The Hall–Kier alpha value is -3.08. The summed E-state index contributed by atoms with van der Waals surface area (Å²) in [6.45, 7) is 3.80. The summed E-state index contributed by atoms with van der Waals surface area (Å²) >= 11 is 0. The van der Waals surface area contributed by atoms with Crippen LogP contribution in [0.3, 0.4) is 0 Å². The van der Waals surface area contributed by atoms with E-state index in [0.717, 1.165) is 65.4 Å². The van der Waals surface area contributed by atoms with Gasteiger partial charge in [0.15, 0.2) is 6.61 Å². The van der Waals surface area contributed by atoms with E-state index in [0.29, 0.717) is 11.3 Å². The molecule has 0 aliphatic heterocycles. The minimum Gasteiger partial charge on any atom is -0.484 e. The van der Waals surface area contributed by atoms with Crippen molar-refractivity contribution in [2.75, 3.05) is 11.9 Å². The number of hydrogen-bond donors (Lipinski definition) is 1. The Morgan fingerprint density at radius 3 is 2.52 bits per heavy atom. The summed E-state index contributed by atoms with van der Waals surface area (Å²) in [5.41, 5.74) is 5.01. The number of ether oxygens (including phenoxy) is 1. The summed E-state index contributed by atoms with van der Waals surface area (Å²) in [6.07, 6.45) is 4.93. The maximum atomic E-state index is 12.4. The second kappa shape index (κ2) is 8.11. The molecular formula is C24H25NO4. The van der Waals surface area contributed by atoms with Gasteiger partial charge in [-0.05, 0) is 68.4 Å². The van der Waals surface area contributed by atoms with Gasteiger partial charge in [-0.2, -0.15) is 0 Å². The molecule has 0 fully saturated rings. The number of carbonyl (C=O) groups excluding carboxylic acids is 1. The number of para-hydroxylation sites is 1. The number of carbonyl (C=O) groups is 1. The highest BCUT2D eigenvalue weighted by molar-refractivity contribution is 5.93. The highest BCUT2D eigenvalue weighted by Crippen LogP contribution is 2.28. The number of nitrogens with one attached hydrogen (secondary N) is 1. The number of anilines is 1. The molecule has 0 atom stereocenters. The molecule has 1 aromatic heterocycles. The molecule has 5 nitrogen and oxygen atoms in total. The lowest BCUT2D eigenvalue weighted by molar-refractivity contribution is -0.118. The lowest BCUT2D eigenvalue weighted by Crippen LogP contribution is -2.21. The molecule has 5 heteroatoms. The Labute approximate surface area is 169 Å². The highest BCUT2D eigenvalue weighted by Gasteiger charge is 2.17. The molecular weight excluding hydrogens is 366 g/mol. The number of rotatable bonds is 4. The summed E-state index contributed by atoms with van der Waals surface area (Å²) in [6, 6.07) is 11.3. The van der Waals surface area contributed by atoms with Gasteiger partial charge in [-0.15, -0.1) is 0 Å². The lowest BCUT2D eigenvalue weighted by atomic mass is 10.0. The van der Waals surface area contributed by atoms with Crippen molar-refractivity contribution in [3.63, 3.8) is 0 Å². The fourth-order valence-electron chi connectivity index (χ4n) is 4.03. The van der Waals surface area contributed by atoms with Crippen molar-refractivity contribution in [3.05, 3.63) is 69.1 Å². The Kier molecular flexibility index (Phi) is 5.38. The van der Waals surface area contributed by atoms with E-state index in [9.17, 15) is 9.59 Å². The first-order valence-electron chi connectivity index (χ1n) is 10.1. The first-order chi connectivity index (χ1) is 14.0. The second-order valence-corrected chi connectivity index (χ2v) is 7.67. The molecule has 150 valence electrons. The standard InChI is InChI=1S/C24H25NO4/c1-15-7-6-8-16(2)23(15)25-22(26)14-28-17-11-12-19-18-9-4-3-5-10-20(18)24(27)29-21(19)13-17/h6-8,11-13H,3-5,9-10,14H2,1-2H3,(H,25,26). The second-order valence-electron chi connectivity index (χ2n) is 7.67. The average Bonchev–Trinajstić information content (AvgIpc) is 2.96. The summed E-state index contributed by atoms with van der Waals surface area (Å²) in [5.74, 6) is 0.275. The van der Waals surface area contributed by atoms with Gasteiger partial charge in [0.1, 0.15) is 11.3 Å². The summed E-state index contributed by atoms with van der Waals surface area (Å²) in [5, 5.41) is 3.87. The van der Waals surface area contributed by atoms with Crippen LogP contribution in [0.4, 0.5) is 5.69 Å². The number of aryl methyl sites for hydroxylation is 3. The van der Waals surface area contributed by atoms with E-state index in [4.69, 9.17) is 9.15 Å². The van der Waals surface area contributed by atoms with Crippen LogP contribution in [0.1, 0.15) is 41.5 Å². The Balaban J connectivity index is 1.52. The zero-order chi connectivity index (χ0) is 20.4. The molecule has 1 amide bonds. The van der Waals surface area contributed by atoms with Crippen molar-refractivity contribution in [2.45, 2.75) is 46.0 Å². The molecule has 0 unspecified atom stereocenters. The van der Waals surface area contributed by atoms with Crippen LogP contribution in [0.2, 0.25) is 0 Å². The maximum absolute atomic E-state index is 12.4. The zero-order valence-corrected chi connectivity index (χ0v) is 16.8. The third-order valence-corrected chi connectivity index (χ3v) is 5.56. The minimum atomic E-state index is -0.251. The zero-order valence-electron chi connectivity index (χ0n) is 16.8. The topological polar surface area (TPSA) is 68.5 Å². The van der Waals surface area contributed by atoms with Crippen molar-refractivity contribution in [3.8, 4) is 5.75 Å². The normalized spacial score (nSPS) is 13.6. The molecule has 1 heterocycles. The SMILES string of the molecule is Cc1cccc(C)c1NC(=O)COc1ccc2c3c(c(=O)oc2c1)CCCCC3. The van der Waals surface area contributed by atoms with Crippen molar-refractivity contribution < 1.29 is 13.9 Å². The number of benzene rings is 2. The van der Waals surface area contributed by atoms with Gasteiger partial charge in [0.05, 0.1) is 0 Å². The fraction of sp³-hybridized carbons (Fsp3) is 0.333. The number of amides is 1. The van der Waals surface area contributed by atoms with Crippen LogP contribution in [0.5, 0.6) is 5.75 Å². The van der Waals surface area contributed by atoms with Gasteiger partial charge in [0.2, 0.25) is 0 Å². The number of hydrogen-bond acceptors (Lipinski definition) is 4. The predicted molar refractivity (Wildman–Crippen MR) is 114 cm³/mol. The first kappa shape index (κ1) is 19.2. The molecule has 3 aromatic rings. The van der Waals surface area contributed by atoms with Gasteiger partial charge in [0, 0.05) is 22.7 Å². The van der Waals surface area contributed by atoms with E-state index in [1.165, 1.54) is 0 Å². The van der Waals surface area contributed by atoms with Crippen molar-refractivity contribution in [1.29, 1.82) is 0 Å². The third-order valence-electron chi connectivity index (χ3n) is 5.56. The van der Waals surface area contributed by atoms with Crippen LogP contribution in [-0.4, -0.2) is 12.5 Å². The van der Waals surface area contributed by atoms with E-state index < -0.39 is 0 Å². The predicted octanol–water partition coefficient (Wildman–Crippen LogP) is 4.70. The molecule has 0 spiro atoms. The van der Waals surface area contributed by atoms with E-state index in [1.807, 2.05) is 44.2 Å². The Morgan fingerprint density at radius 2 is 1.76 bits per heavy atom. The van der Waals surface area contributed by atoms with E-state index in [1.54, 1.807) is 6.07 Å². The summed E-state index contributed by atoms with van der Waals surface area (Å²) in [4.78, 5) is 24.7. The van der Waals surface area contributed by atoms with Gasteiger partial charge in [-0.1, -0.05) is 24.6 Å². The van der Waals surface area contributed by atoms with Gasteiger partial charge in [-0.25, -0.2) is 4.79 Å². The van der Waals surface area contributed by atoms with Crippen LogP contribution in [-0.2, 0) is 17.6 Å². The molecule has 1 N–H and O–H groups in total. The van der Waals surface area contributed by atoms with Crippen LogP contribution in [0.15, 0.2) is 45.6 Å². The van der Waals surface area contributed by atoms with E-state index in [2.05, 4.69) is 5.32 Å². The Bertz CT molecular complexity index is 1110. The van der Waals surface area contributed by atoms with Gasteiger partial charge in [0.25, 0.3) is 5.91 Å². The summed E-state index contributed by atoms with van der Waals surface area (Å²) in [7, 11) is 0. The van der Waals surface area contributed by atoms with Crippen LogP contribution < -0.4 is 15.7 Å². The quantitative estimate of drug-likeness (QED) is 0.517. The molecule has 4 rings (SSSR count). The third kappa shape index (κ3) is 4.04. The van der Waals surface area contributed by atoms with Crippen molar-refractivity contribution >= 4 is 22.6 Å². The largest absolute Gasteiger partial charge is 0.484 e. The Morgan fingerprint density at radius 1 is 1.03 bits per heavy atom. The molecule has 0 saturated heterocycles.